The van der Waals surface area contributed by atoms with E-state index in [1.807, 2.05) is 43.4 Å². The van der Waals surface area contributed by atoms with Gasteiger partial charge in [0, 0.05) is 86.1 Å². The molecule has 1 saturated carbocycles. The summed E-state index contributed by atoms with van der Waals surface area (Å²) in [5, 5.41) is 10.7. The molecule has 5 heterocycles. The van der Waals surface area contributed by atoms with Gasteiger partial charge in [0.1, 0.15) is 5.82 Å². The van der Waals surface area contributed by atoms with Gasteiger partial charge in [0.05, 0.1) is 29.2 Å². The minimum Gasteiger partial charge on any atom is -0.391 e. The van der Waals surface area contributed by atoms with Crippen LogP contribution in [0.25, 0.3) is 10.9 Å². The lowest BCUT2D eigenvalue weighted by Crippen LogP contribution is -2.48. The summed E-state index contributed by atoms with van der Waals surface area (Å²) in [7, 11) is 0. The van der Waals surface area contributed by atoms with E-state index in [4.69, 9.17) is 0 Å². The molecule has 0 bridgehead atoms. The Morgan fingerprint density at radius 3 is 2.48 bits per heavy atom. The van der Waals surface area contributed by atoms with Gasteiger partial charge in [0.25, 0.3) is 0 Å². The van der Waals surface area contributed by atoms with Gasteiger partial charge in [-0.1, -0.05) is 0 Å². The van der Waals surface area contributed by atoms with Crippen LogP contribution in [0.15, 0.2) is 59.8 Å². The number of aromatic nitrogens is 3. The van der Waals surface area contributed by atoms with Crippen LogP contribution < -0.4 is 15.2 Å². The first kappa shape index (κ1) is 32.4. The number of hydrogen-bond acceptors (Lipinski definition) is 7. The minimum absolute atomic E-state index is 0. The van der Waals surface area contributed by atoms with E-state index in [-0.39, 0.29) is 23.9 Å². The first-order valence-electron chi connectivity index (χ1n) is 16.5. The van der Waals surface area contributed by atoms with Gasteiger partial charge in [-0.2, -0.15) is 0 Å². The number of piperidine rings is 2. The van der Waals surface area contributed by atoms with Crippen LogP contribution in [0.5, 0.6) is 0 Å². The van der Waals surface area contributed by atoms with Crippen molar-refractivity contribution in [1.82, 2.24) is 19.4 Å². The molecule has 1 aromatic carbocycles. The SMILES string of the molecule is Cc1ccc(N2CCC[C@H](N(Cc3ccnc(C)c3)Cc3cn(C4CC4)c4cc(N5CCC[C@@H](O)C5)c(F)cc4c3=O)C2)cn1.Cl. The number of benzene rings is 1. The van der Waals surface area contributed by atoms with Crippen molar-refractivity contribution >= 4 is 34.7 Å². The van der Waals surface area contributed by atoms with Gasteiger partial charge in [-0.05, 0) is 94.3 Å². The standard InChI is InChI=1S/C36H43FN6O2.ClH/c1-24-7-8-29(18-39-24)40-13-3-5-30(22-40)42(19-26-11-12-38-25(2)15-26)20-27-21-43(28-9-10-28)34-17-35(33(37)16-32(34)36(27)45)41-14-4-6-31(44)23-41;/h7-8,11-12,15-18,21,28,30-31,44H,3-6,9-10,13-14,19-20,22-23H2,1-2H3;1H/t30-,31+;/m0./s1. The zero-order chi connectivity index (χ0) is 31.1. The lowest BCUT2D eigenvalue weighted by atomic mass is 10.0. The molecule has 2 saturated heterocycles. The number of fused-ring (bicyclic) bond motifs is 1. The Balaban J connectivity index is 0.00000372. The largest absolute Gasteiger partial charge is 0.391 e. The Hall–Kier alpha value is -3.53. The van der Waals surface area contributed by atoms with Crippen molar-refractivity contribution in [1.29, 1.82) is 0 Å². The second kappa shape index (κ2) is 13.7. The average molecular weight is 647 g/mol. The van der Waals surface area contributed by atoms with E-state index in [2.05, 4.69) is 48.6 Å². The summed E-state index contributed by atoms with van der Waals surface area (Å²) in [6, 6.07) is 12.2. The molecular formula is C36H44ClFN6O2. The summed E-state index contributed by atoms with van der Waals surface area (Å²) in [6.07, 6.45) is 11.1. The van der Waals surface area contributed by atoms with Crippen LogP contribution in [-0.4, -0.2) is 62.9 Å². The van der Waals surface area contributed by atoms with Gasteiger partial charge in [-0.3, -0.25) is 19.7 Å². The van der Waals surface area contributed by atoms with Crippen LogP contribution in [0.1, 0.15) is 67.1 Å². The monoisotopic (exact) mass is 646 g/mol. The molecule has 2 atom stereocenters. The second-order valence-corrected chi connectivity index (χ2v) is 13.3. The zero-order valence-electron chi connectivity index (χ0n) is 26.7. The molecule has 46 heavy (non-hydrogen) atoms. The molecule has 0 unspecified atom stereocenters. The Labute approximate surface area is 276 Å². The fourth-order valence-electron chi connectivity index (χ4n) is 7.20. The molecule has 7 rings (SSSR count). The number of nitrogens with zero attached hydrogens (tertiary/aromatic N) is 6. The molecule has 0 amide bonds. The predicted octanol–water partition coefficient (Wildman–Crippen LogP) is 5.94. The Kier molecular flexibility index (Phi) is 9.64. The fraction of sp³-hybridized carbons (Fsp3) is 0.472. The van der Waals surface area contributed by atoms with E-state index in [0.29, 0.717) is 48.9 Å². The van der Waals surface area contributed by atoms with Crippen LogP contribution in [-0.2, 0) is 13.1 Å². The number of aliphatic hydroxyl groups excluding tert-OH is 1. The number of anilines is 2. The van der Waals surface area contributed by atoms with Gasteiger partial charge < -0.3 is 19.5 Å². The molecule has 0 radical (unpaired) electrons. The molecule has 3 fully saturated rings. The predicted molar refractivity (Wildman–Crippen MR) is 184 cm³/mol. The van der Waals surface area contributed by atoms with Crippen LogP contribution in [0.4, 0.5) is 15.8 Å². The first-order valence-corrected chi connectivity index (χ1v) is 16.5. The minimum atomic E-state index is -0.463. The van der Waals surface area contributed by atoms with Crippen molar-refractivity contribution in [3.05, 3.63) is 93.5 Å². The Morgan fingerprint density at radius 1 is 0.935 bits per heavy atom. The summed E-state index contributed by atoms with van der Waals surface area (Å²) >= 11 is 0. The zero-order valence-corrected chi connectivity index (χ0v) is 27.6. The molecule has 2 aliphatic heterocycles. The number of rotatable bonds is 8. The summed E-state index contributed by atoms with van der Waals surface area (Å²) < 4.78 is 17.9. The molecule has 1 aliphatic carbocycles. The van der Waals surface area contributed by atoms with E-state index in [1.54, 1.807) is 0 Å². The average Bonchev–Trinajstić information content (AvgIpc) is 3.88. The van der Waals surface area contributed by atoms with Crippen molar-refractivity contribution in [3.63, 3.8) is 0 Å². The number of halogens is 2. The third kappa shape index (κ3) is 6.92. The molecule has 8 nitrogen and oxygen atoms in total. The fourth-order valence-corrected chi connectivity index (χ4v) is 7.20. The van der Waals surface area contributed by atoms with Crippen LogP contribution in [0, 0.1) is 19.7 Å². The highest BCUT2D eigenvalue weighted by atomic mass is 35.5. The van der Waals surface area contributed by atoms with Gasteiger partial charge in [-0.25, -0.2) is 4.39 Å². The van der Waals surface area contributed by atoms with E-state index >= 15 is 4.39 Å². The maximum Gasteiger partial charge on any atom is 0.193 e. The second-order valence-electron chi connectivity index (χ2n) is 13.3. The maximum atomic E-state index is 15.7. The highest BCUT2D eigenvalue weighted by molar-refractivity contribution is 5.85. The number of β-amino-alcohol motifs (C(OH)–C–C–N with tert-alkyl or cyclic N) is 1. The summed E-state index contributed by atoms with van der Waals surface area (Å²) in [5.74, 6) is -0.396. The molecular weight excluding hydrogens is 603 g/mol. The highest BCUT2D eigenvalue weighted by Crippen LogP contribution is 2.38. The van der Waals surface area contributed by atoms with E-state index in [1.165, 1.54) is 11.6 Å². The van der Waals surface area contributed by atoms with Gasteiger partial charge in [-0.15, -0.1) is 12.4 Å². The van der Waals surface area contributed by atoms with Crippen LogP contribution >= 0.6 is 12.4 Å². The number of hydrogen-bond donors (Lipinski definition) is 1. The number of aliphatic hydroxyl groups is 1. The van der Waals surface area contributed by atoms with Crippen LogP contribution in [0.3, 0.4) is 0 Å². The van der Waals surface area contributed by atoms with Gasteiger partial charge >= 0.3 is 0 Å². The smallest absolute Gasteiger partial charge is 0.193 e. The van der Waals surface area contributed by atoms with Crippen molar-refractivity contribution in [3.8, 4) is 0 Å². The van der Waals surface area contributed by atoms with Gasteiger partial charge in [0.15, 0.2) is 5.43 Å². The lowest BCUT2D eigenvalue weighted by Gasteiger charge is -2.40. The van der Waals surface area contributed by atoms with E-state index < -0.39 is 11.9 Å². The number of aryl methyl sites for hydroxylation is 2. The quantitative estimate of drug-likeness (QED) is 0.254. The van der Waals surface area contributed by atoms with Crippen molar-refractivity contribution in [2.24, 2.45) is 0 Å². The molecule has 10 heteroatoms. The third-order valence-corrected chi connectivity index (χ3v) is 9.75. The first-order chi connectivity index (χ1) is 21.8. The van der Waals surface area contributed by atoms with E-state index in [0.717, 1.165) is 74.2 Å². The molecule has 4 aromatic rings. The molecule has 1 N–H and O–H groups in total. The molecule has 0 spiro atoms. The maximum absolute atomic E-state index is 15.7. The lowest BCUT2D eigenvalue weighted by molar-refractivity contribution is 0.154. The highest BCUT2D eigenvalue weighted by Gasteiger charge is 2.30. The Bertz CT molecular complexity index is 1740. The summed E-state index contributed by atoms with van der Waals surface area (Å²) in [5.41, 5.74) is 6.13. The van der Waals surface area contributed by atoms with Crippen LogP contribution in [0.2, 0.25) is 0 Å². The Morgan fingerprint density at radius 2 is 1.74 bits per heavy atom. The molecule has 3 aliphatic rings. The summed E-state index contributed by atoms with van der Waals surface area (Å²) in [6.45, 7) is 8.12. The molecule has 244 valence electrons. The molecule has 3 aromatic heterocycles. The number of pyridine rings is 3. The summed E-state index contributed by atoms with van der Waals surface area (Å²) in [4.78, 5) is 29.9. The topological polar surface area (TPSA) is 77.7 Å². The normalized spacial score (nSPS) is 20.3. The van der Waals surface area contributed by atoms with Crippen molar-refractivity contribution in [2.75, 3.05) is 36.0 Å². The third-order valence-electron chi connectivity index (χ3n) is 9.75. The van der Waals surface area contributed by atoms with Crippen molar-refractivity contribution < 1.29 is 9.50 Å². The van der Waals surface area contributed by atoms with E-state index in [9.17, 15) is 9.90 Å². The van der Waals surface area contributed by atoms with Crippen molar-refractivity contribution in [2.45, 2.75) is 83.6 Å². The van der Waals surface area contributed by atoms with Gasteiger partial charge in [0.2, 0.25) is 0 Å².